The predicted molar refractivity (Wildman–Crippen MR) is 109 cm³/mol. The van der Waals surface area contributed by atoms with Crippen LogP contribution in [0.3, 0.4) is 0 Å². The average molecular weight is 433 g/mol. The summed E-state index contributed by atoms with van der Waals surface area (Å²) >= 11 is 3.43. The number of hydrogen-bond acceptors (Lipinski definition) is 4. The molecule has 144 valence electrons. The Hall–Kier alpha value is -2.05. The first kappa shape index (κ1) is 19.7. The standard InChI is InChI=1S/C21H25BrN2O3/c1-3-24(12-18-14-26-19-6-4-5-7-20(19)27-18)13-21(25)23-15(2)16-8-10-17(22)11-9-16/h4-11,15,18H,3,12-14H2,1-2H3,(H,23,25). The Bertz CT molecular complexity index is 766. The molecule has 1 aliphatic heterocycles. The molecular formula is C21H25BrN2O3. The highest BCUT2D eigenvalue weighted by atomic mass is 79.9. The lowest BCUT2D eigenvalue weighted by molar-refractivity contribution is -0.123. The van der Waals surface area contributed by atoms with Crippen LogP contribution in [0.25, 0.3) is 0 Å². The van der Waals surface area contributed by atoms with Crippen molar-refractivity contribution in [2.24, 2.45) is 0 Å². The first-order valence-electron chi connectivity index (χ1n) is 9.20. The van der Waals surface area contributed by atoms with E-state index in [0.29, 0.717) is 19.7 Å². The molecule has 0 saturated heterocycles. The maximum absolute atomic E-state index is 12.5. The van der Waals surface area contributed by atoms with Crippen molar-refractivity contribution in [3.05, 3.63) is 58.6 Å². The van der Waals surface area contributed by atoms with Gasteiger partial charge in [-0.1, -0.05) is 47.1 Å². The molecule has 1 aliphatic rings. The second kappa shape index (κ2) is 9.24. The van der Waals surface area contributed by atoms with Crippen LogP contribution >= 0.6 is 15.9 Å². The number of benzene rings is 2. The molecule has 2 aromatic rings. The summed E-state index contributed by atoms with van der Waals surface area (Å²) in [5, 5.41) is 3.07. The summed E-state index contributed by atoms with van der Waals surface area (Å²) in [4.78, 5) is 14.5. The number of carbonyl (C=O) groups is 1. The Morgan fingerprint density at radius 1 is 1.22 bits per heavy atom. The number of rotatable bonds is 7. The van der Waals surface area contributed by atoms with E-state index in [1.165, 1.54) is 0 Å². The van der Waals surface area contributed by atoms with Crippen LogP contribution in [-0.4, -0.2) is 43.2 Å². The maximum Gasteiger partial charge on any atom is 0.234 e. The van der Waals surface area contributed by atoms with E-state index in [-0.39, 0.29) is 18.1 Å². The summed E-state index contributed by atoms with van der Waals surface area (Å²) < 4.78 is 12.8. The van der Waals surface area contributed by atoms with Crippen molar-refractivity contribution in [1.82, 2.24) is 10.2 Å². The van der Waals surface area contributed by atoms with Crippen molar-refractivity contribution >= 4 is 21.8 Å². The van der Waals surface area contributed by atoms with Gasteiger partial charge in [-0.05, 0) is 43.3 Å². The van der Waals surface area contributed by atoms with E-state index in [4.69, 9.17) is 9.47 Å². The number of ether oxygens (including phenoxy) is 2. The van der Waals surface area contributed by atoms with Crippen LogP contribution in [0.2, 0.25) is 0 Å². The molecule has 3 rings (SSSR count). The summed E-state index contributed by atoms with van der Waals surface area (Å²) in [6, 6.07) is 15.6. The van der Waals surface area contributed by atoms with Gasteiger partial charge in [0, 0.05) is 11.0 Å². The Morgan fingerprint density at radius 3 is 2.63 bits per heavy atom. The second-order valence-corrected chi connectivity index (χ2v) is 7.58. The molecule has 1 amide bonds. The van der Waals surface area contributed by atoms with Gasteiger partial charge in [0.2, 0.25) is 5.91 Å². The molecule has 1 heterocycles. The lowest BCUT2D eigenvalue weighted by atomic mass is 10.1. The Kier molecular flexibility index (Phi) is 6.74. The number of amides is 1. The van der Waals surface area contributed by atoms with Gasteiger partial charge in [-0.15, -0.1) is 0 Å². The van der Waals surface area contributed by atoms with E-state index in [2.05, 4.69) is 26.1 Å². The van der Waals surface area contributed by atoms with Crippen LogP contribution in [0.1, 0.15) is 25.5 Å². The third-order valence-electron chi connectivity index (χ3n) is 4.59. The topological polar surface area (TPSA) is 50.8 Å². The number of halogens is 1. The number of para-hydroxylation sites is 2. The number of nitrogens with zero attached hydrogens (tertiary/aromatic N) is 1. The monoisotopic (exact) mass is 432 g/mol. The molecular weight excluding hydrogens is 408 g/mol. The molecule has 0 aromatic heterocycles. The van der Waals surface area contributed by atoms with E-state index in [1.54, 1.807) is 0 Å². The van der Waals surface area contributed by atoms with Crippen molar-refractivity contribution < 1.29 is 14.3 Å². The fourth-order valence-corrected chi connectivity index (χ4v) is 3.34. The normalized spacial score (nSPS) is 16.8. The quantitative estimate of drug-likeness (QED) is 0.722. The summed E-state index contributed by atoms with van der Waals surface area (Å²) in [7, 11) is 0. The minimum atomic E-state index is -0.0865. The van der Waals surface area contributed by atoms with Crippen molar-refractivity contribution in [2.75, 3.05) is 26.2 Å². The largest absolute Gasteiger partial charge is 0.486 e. The number of hydrogen-bond donors (Lipinski definition) is 1. The molecule has 6 heteroatoms. The highest BCUT2D eigenvalue weighted by Gasteiger charge is 2.23. The molecule has 2 unspecified atom stereocenters. The zero-order valence-electron chi connectivity index (χ0n) is 15.7. The summed E-state index contributed by atoms with van der Waals surface area (Å²) in [5.41, 5.74) is 1.08. The molecule has 0 aliphatic carbocycles. The van der Waals surface area contributed by atoms with Crippen molar-refractivity contribution in [2.45, 2.75) is 26.0 Å². The van der Waals surface area contributed by atoms with Gasteiger partial charge in [-0.2, -0.15) is 0 Å². The van der Waals surface area contributed by atoms with Crippen LogP contribution < -0.4 is 14.8 Å². The summed E-state index contributed by atoms with van der Waals surface area (Å²) in [6.45, 7) is 6.27. The zero-order chi connectivity index (χ0) is 19.2. The Morgan fingerprint density at radius 2 is 1.93 bits per heavy atom. The SMILES string of the molecule is CCN(CC(=O)NC(C)c1ccc(Br)cc1)CC1COc2ccccc2O1. The first-order chi connectivity index (χ1) is 13.0. The Labute approximate surface area is 168 Å². The van der Waals surface area contributed by atoms with Gasteiger partial charge in [-0.3, -0.25) is 9.69 Å². The van der Waals surface area contributed by atoms with Gasteiger partial charge in [0.25, 0.3) is 0 Å². The van der Waals surface area contributed by atoms with Crippen molar-refractivity contribution in [3.63, 3.8) is 0 Å². The molecule has 1 N–H and O–H groups in total. The minimum absolute atomic E-state index is 0.00407. The smallest absolute Gasteiger partial charge is 0.234 e. The van der Waals surface area contributed by atoms with Crippen LogP contribution in [0, 0.1) is 0 Å². The zero-order valence-corrected chi connectivity index (χ0v) is 17.2. The number of carbonyl (C=O) groups excluding carboxylic acids is 1. The molecule has 0 radical (unpaired) electrons. The average Bonchev–Trinajstić information content (AvgIpc) is 2.67. The molecule has 2 atom stereocenters. The van der Waals surface area contributed by atoms with Crippen LogP contribution in [-0.2, 0) is 4.79 Å². The molecule has 2 aromatic carbocycles. The second-order valence-electron chi connectivity index (χ2n) is 6.67. The van der Waals surface area contributed by atoms with Gasteiger partial charge >= 0.3 is 0 Å². The molecule has 0 saturated carbocycles. The molecule has 0 spiro atoms. The highest BCUT2D eigenvalue weighted by molar-refractivity contribution is 9.10. The maximum atomic E-state index is 12.5. The predicted octanol–water partition coefficient (Wildman–Crippen LogP) is 3.79. The molecule has 0 fully saturated rings. The third kappa shape index (κ3) is 5.47. The fourth-order valence-electron chi connectivity index (χ4n) is 3.07. The lowest BCUT2D eigenvalue weighted by Gasteiger charge is -2.30. The van der Waals surface area contributed by atoms with E-state index in [0.717, 1.165) is 28.1 Å². The van der Waals surface area contributed by atoms with Crippen molar-refractivity contribution in [1.29, 1.82) is 0 Å². The van der Waals surface area contributed by atoms with E-state index >= 15 is 0 Å². The van der Waals surface area contributed by atoms with E-state index in [9.17, 15) is 4.79 Å². The van der Waals surface area contributed by atoms with Gasteiger partial charge in [0.05, 0.1) is 12.6 Å². The first-order valence-corrected chi connectivity index (χ1v) is 10.00. The number of nitrogens with one attached hydrogen (secondary N) is 1. The van der Waals surface area contributed by atoms with Gasteiger partial charge < -0.3 is 14.8 Å². The molecule has 0 bridgehead atoms. The van der Waals surface area contributed by atoms with Gasteiger partial charge in [-0.25, -0.2) is 0 Å². The fraction of sp³-hybridized carbons (Fsp3) is 0.381. The molecule has 5 nitrogen and oxygen atoms in total. The third-order valence-corrected chi connectivity index (χ3v) is 5.12. The molecule has 27 heavy (non-hydrogen) atoms. The van der Waals surface area contributed by atoms with Gasteiger partial charge in [0.1, 0.15) is 12.7 Å². The van der Waals surface area contributed by atoms with E-state index < -0.39 is 0 Å². The van der Waals surface area contributed by atoms with E-state index in [1.807, 2.05) is 62.4 Å². The van der Waals surface area contributed by atoms with Crippen LogP contribution in [0.4, 0.5) is 0 Å². The Balaban J connectivity index is 1.51. The number of likely N-dealkylation sites (N-methyl/N-ethyl adjacent to an activating group) is 1. The summed E-state index contributed by atoms with van der Waals surface area (Å²) in [6.07, 6.45) is -0.0865. The van der Waals surface area contributed by atoms with Gasteiger partial charge in [0.15, 0.2) is 11.5 Å². The van der Waals surface area contributed by atoms with Crippen LogP contribution in [0.5, 0.6) is 11.5 Å². The minimum Gasteiger partial charge on any atom is -0.486 e. The number of fused-ring (bicyclic) bond motifs is 1. The van der Waals surface area contributed by atoms with Crippen LogP contribution in [0.15, 0.2) is 53.0 Å². The van der Waals surface area contributed by atoms with Crippen molar-refractivity contribution in [3.8, 4) is 11.5 Å². The summed E-state index contributed by atoms with van der Waals surface area (Å²) in [5.74, 6) is 1.54. The lowest BCUT2D eigenvalue weighted by Crippen LogP contribution is -2.45. The highest BCUT2D eigenvalue weighted by Crippen LogP contribution is 2.31.